The average molecular weight is 476 g/mol. The number of nitrogens with zero attached hydrogens (tertiary/aromatic N) is 2. The van der Waals surface area contributed by atoms with Gasteiger partial charge in [0.25, 0.3) is 0 Å². The molecule has 1 aromatic carbocycles. The molecule has 2 aromatic heterocycles. The summed E-state index contributed by atoms with van der Waals surface area (Å²) in [5, 5.41) is 6.17. The smallest absolute Gasteiger partial charge is 0.230 e. The molecule has 3 rings (SSSR count). The predicted molar refractivity (Wildman–Crippen MR) is 121 cm³/mol. The summed E-state index contributed by atoms with van der Waals surface area (Å²) in [6, 6.07) is 8.15. The van der Waals surface area contributed by atoms with E-state index in [0.717, 1.165) is 38.5 Å². The summed E-state index contributed by atoms with van der Waals surface area (Å²) < 4.78 is 1.10. The van der Waals surface area contributed by atoms with Gasteiger partial charge in [-0.15, -0.1) is 23.1 Å². The summed E-state index contributed by atoms with van der Waals surface area (Å²) in [6.07, 6.45) is 5.31. The van der Waals surface area contributed by atoms with E-state index >= 15 is 0 Å². The molecular formula is C21H22BrN3OS2. The maximum atomic E-state index is 12.1. The first-order valence-electron chi connectivity index (χ1n) is 9.04. The number of aromatic nitrogens is 2. The Hall–Kier alpha value is -1.70. The van der Waals surface area contributed by atoms with Crippen molar-refractivity contribution in [2.75, 3.05) is 12.3 Å². The quantitative estimate of drug-likeness (QED) is 0.348. The van der Waals surface area contributed by atoms with Crippen LogP contribution in [0.3, 0.4) is 0 Å². The molecule has 28 heavy (non-hydrogen) atoms. The average Bonchev–Trinajstić information content (AvgIpc) is 3.17. The van der Waals surface area contributed by atoms with Gasteiger partial charge in [0.15, 0.2) is 0 Å². The van der Waals surface area contributed by atoms with Crippen molar-refractivity contribution in [3.63, 3.8) is 0 Å². The van der Waals surface area contributed by atoms with Crippen molar-refractivity contribution in [1.29, 1.82) is 0 Å². The number of rotatable bonds is 8. The first-order valence-corrected chi connectivity index (χ1v) is 11.7. The van der Waals surface area contributed by atoms with Gasteiger partial charge in [-0.05, 0) is 55.7 Å². The van der Waals surface area contributed by atoms with Crippen molar-refractivity contribution in [3.8, 4) is 11.3 Å². The highest BCUT2D eigenvalue weighted by atomic mass is 79.9. The SMILES string of the molecule is Cc1cc(SCC(=O)NCCCc2nc(-c3ccncc3)cs2)c(C)cc1Br. The molecule has 0 bridgehead atoms. The number of carbonyl (C=O) groups excluding carboxylic acids is 1. The molecule has 7 heteroatoms. The Balaban J connectivity index is 1.39. The van der Waals surface area contributed by atoms with E-state index in [1.165, 1.54) is 11.1 Å². The highest BCUT2D eigenvalue weighted by Crippen LogP contribution is 2.28. The van der Waals surface area contributed by atoms with Gasteiger partial charge in [0.1, 0.15) is 0 Å². The molecule has 0 radical (unpaired) electrons. The summed E-state index contributed by atoms with van der Waals surface area (Å²) in [5.41, 5.74) is 4.44. The number of hydrogen-bond acceptors (Lipinski definition) is 5. The van der Waals surface area contributed by atoms with E-state index in [4.69, 9.17) is 0 Å². The molecule has 0 fully saturated rings. The van der Waals surface area contributed by atoms with Crippen LogP contribution in [-0.4, -0.2) is 28.2 Å². The lowest BCUT2D eigenvalue weighted by Gasteiger charge is -2.09. The number of thioether (sulfide) groups is 1. The van der Waals surface area contributed by atoms with Crippen molar-refractivity contribution in [2.24, 2.45) is 0 Å². The number of carbonyl (C=O) groups is 1. The summed E-state index contributed by atoms with van der Waals surface area (Å²) in [4.78, 5) is 22.0. The zero-order valence-electron chi connectivity index (χ0n) is 15.9. The molecule has 1 amide bonds. The van der Waals surface area contributed by atoms with Gasteiger partial charge >= 0.3 is 0 Å². The Labute approximate surface area is 182 Å². The van der Waals surface area contributed by atoms with E-state index in [2.05, 4.69) is 62.6 Å². The summed E-state index contributed by atoms with van der Waals surface area (Å²) in [7, 11) is 0. The van der Waals surface area contributed by atoms with Crippen LogP contribution in [0.5, 0.6) is 0 Å². The van der Waals surface area contributed by atoms with Crippen LogP contribution < -0.4 is 5.32 Å². The van der Waals surface area contributed by atoms with E-state index < -0.39 is 0 Å². The lowest BCUT2D eigenvalue weighted by Crippen LogP contribution is -2.26. The fourth-order valence-corrected chi connectivity index (χ4v) is 4.90. The number of nitrogens with one attached hydrogen (secondary N) is 1. The van der Waals surface area contributed by atoms with Crippen LogP contribution in [0.25, 0.3) is 11.3 Å². The largest absolute Gasteiger partial charge is 0.355 e. The molecule has 0 atom stereocenters. The lowest BCUT2D eigenvalue weighted by atomic mass is 10.2. The van der Waals surface area contributed by atoms with Crippen molar-refractivity contribution >= 4 is 44.9 Å². The van der Waals surface area contributed by atoms with Crippen LogP contribution in [0.15, 0.2) is 51.4 Å². The van der Waals surface area contributed by atoms with E-state index in [-0.39, 0.29) is 5.91 Å². The van der Waals surface area contributed by atoms with Crippen LogP contribution in [0.1, 0.15) is 22.6 Å². The minimum Gasteiger partial charge on any atom is -0.355 e. The van der Waals surface area contributed by atoms with Crippen molar-refractivity contribution in [2.45, 2.75) is 31.6 Å². The second-order valence-corrected chi connectivity index (χ2v) is 9.29. The zero-order chi connectivity index (χ0) is 19.9. The molecule has 0 aliphatic heterocycles. The Morgan fingerprint density at radius 1 is 1.21 bits per heavy atom. The second-order valence-electron chi connectivity index (χ2n) is 6.47. The number of hydrogen-bond donors (Lipinski definition) is 1. The molecular weight excluding hydrogens is 454 g/mol. The maximum Gasteiger partial charge on any atom is 0.230 e. The Bertz CT molecular complexity index is 944. The standard InChI is InChI=1S/C21H22BrN3OS2/c1-14-11-19(15(2)10-17(14)22)27-13-20(26)24-7-3-4-21-25-18(12-28-21)16-5-8-23-9-6-16/h5-6,8-12H,3-4,7,13H2,1-2H3,(H,24,26). The third kappa shape index (κ3) is 5.90. The van der Waals surface area contributed by atoms with Crippen LogP contribution in [0.4, 0.5) is 0 Å². The van der Waals surface area contributed by atoms with Crippen LogP contribution in [-0.2, 0) is 11.2 Å². The topological polar surface area (TPSA) is 54.9 Å². The fraction of sp³-hybridized carbons (Fsp3) is 0.286. The molecule has 0 aliphatic carbocycles. The van der Waals surface area contributed by atoms with Crippen LogP contribution in [0.2, 0.25) is 0 Å². The molecule has 0 aliphatic rings. The van der Waals surface area contributed by atoms with Gasteiger partial charge in [-0.2, -0.15) is 0 Å². The minimum atomic E-state index is 0.0709. The van der Waals surface area contributed by atoms with Crippen molar-refractivity contribution < 1.29 is 4.79 Å². The van der Waals surface area contributed by atoms with Gasteiger partial charge in [0.2, 0.25) is 5.91 Å². The predicted octanol–water partition coefficient (Wildman–Crippen LogP) is 5.43. The highest BCUT2D eigenvalue weighted by molar-refractivity contribution is 9.10. The first-order chi connectivity index (χ1) is 13.5. The van der Waals surface area contributed by atoms with Gasteiger partial charge in [-0.25, -0.2) is 4.98 Å². The monoisotopic (exact) mass is 475 g/mol. The van der Waals surface area contributed by atoms with E-state index in [1.807, 2.05) is 12.1 Å². The Kier molecular flexibility index (Phi) is 7.65. The Morgan fingerprint density at radius 2 is 2.00 bits per heavy atom. The van der Waals surface area contributed by atoms with E-state index in [0.29, 0.717) is 12.3 Å². The Morgan fingerprint density at radius 3 is 2.79 bits per heavy atom. The van der Waals surface area contributed by atoms with Gasteiger partial charge < -0.3 is 5.32 Å². The molecule has 146 valence electrons. The summed E-state index contributed by atoms with van der Waals surface area (Å²) in [5.74, 6) is 0.507. The second kappa shape index (κ2) is 10.2. The molecule has 0 spiro atoms. The number of thiazole rings is 1. The molecule has 2 heterocycles. The number of halogens is 1. The van der Waals surface area contributed by atoms with Gasteiger partial charge in [0, 0.05) is 45.7 Å². The van der Waals surface area contributed by atoms with Crippen molar-refractivity contribution in [1.82, 2.24) is 15.3 Å². The lowest BCUT2D eigenvalue weighted by molar-refractivity contribution is -0.118. The minimum absolute atomic E-state index is 0.0709. The van der Waals surface area contributed by atoms with E-state index in [9.17, 15) is 4.79 Å². The fourth-order valence-electron chi connectivity index (χ4n) is 2.65. The molecule has 0 unspecified atom stereocenters. The number of pyridine rings is 1. The molecule has 3 aromatic rings. The van der Waals surface area contributed by atoms with Gasteiger partial charge in [0.05, 0.1) is 16.5 Å². The number of aryl methyl sites for hydroxylation is 3. The summed E-state index contributed by atoms with van der Waals surface area (Å²) >= 11 is 6.79. The third-order valence-electron chi connectivity index (χ3n) is 4.23. The molecule has 0 saturated carbocycles. The number of benzene rings is 1. The summed E-state index contributed by atoms with van der Waals surface area (Å²) in [6.45, 7) is 4.80. The van der Waals surface area contributed by atoms with Crippen molar-refractivity contribution in [3.05, 3.63) is 62.6 Å². The maximum absolute atomic E-state index is 12.1. The first kappa shape index (κ1) is 21.0. The highest BCUT2D eigenvalue weighted by Gasteiger charge is 2.08. The van der Waals surface area contributed by atoms with Gasteiger partial charge in [-0.3, -0.25) is 9.78 Å². The van der Waals surface area contributed by atoms with Crippen LogP contribution >= 0.6 is 39.0 Å². The normalized spacial score (nSPS) is 10.8. The van der Waals surface area contributed by atoms with E-state index in [1.54, 1.807) is 35.5 Å². The zero-order valence-corrected chi connectivity index (χ0v) is 19.1. The van der Waals surface area contributed by atoms with Gasteiger partial charge in [-0.1, -0.05) is 15.9 Å². The van der Waals surface area contributed by atoms with Crippen LogP contribution in [0, 0.1) is 13.8 Å². The molecule has 0 saturated heterocycles. The molecule has 1 N–H and O–H groups in total. The molecule has 4 nitrogen and oxygen atoms in total. The third-order valence-corrected chi connectivity index (χ3v) is 7.15. The number of amides is 1.